The number of primary amides is 1. The number of alkyl carbamates (subject to hydrolysis) is 1. The number of urea groups is 1. The van der Waals surface area contributed by atoms with Crippen LogP contribution in [0.1, 0.15) is 80.2 Å². The van der Waals surface area contributed by atoms with Crippen LogP contribution in [0.4, 0.5) is 15.3 Å². The predicted molar refractivity (Wildman–Crippen MR) is 209 cm³/mol. The molecule has 0 spiro atoms. The second-order valence-corrected chi connectivity index (χ2v) is 16.2. The van der Waals surface area contributed by atoms with Gasteiger partial charge in [-0.2, -0.15) is 0 Å². The van der Waals surface area contributed by atoms with Crippen molar-refractivity contribution in [2.75, 3.05) is 51.4 Å². The minimum atomic E-state index is -1.06. The third-order valence-electron chi connectivity index (χ3n) is 9.04. The highest BCUT2D eigenvalue weighted by molar-refractivity contribution is 6.04. The molecular formula is C39H61N7O11. The van der Waals surface area contributed by atoms with E-state index in [4.69, 9.17) is 19.9 Å². The van der Waals surface area contributed by atoms with Gasteiger partial charge in [0.2, 0.25) is 29.5 Å². The average Bonchev–Trinajstić information content (AvgIpc) is 3.41. The summed E-state index contributed by atoms with van der Waals surface area (Å²) in [6, 6.07) is 3.62. The second kappa shape index (κ2) is 22.6. The van der Waals surface area contributed by atoms with Crippen molar-refractivity contribution >= 4 is 53.1 Å². The number of carbonyl (C=O) groups is 8. The summed E-state index contributed by atoms with van der Waals surface area (Å²) in [6.07, 6.45) is -0.159. The predicted octanol–water partition coefficient (Wildman–Crippen LogP) is 2.00. The van der Waals surface area contributed by atoms with Crippen molar-refractivity contribution in [2.24, 2.45) is 28.4 Å². The zero-order valence-corrected chi connectivity index (χ0v) is 34.4. The van der Waals surface area contributed by atoms with E-state index in [0.717, 1.165) is 0 Å². The third-order valence-corrected chi connectivity index (χ3v) is 9.04. The minimum absolute atomic E-state index is 0.0449. The van der Waals surface area contributed by atoms with Gasteiger partial charge in [-0.25, -0.2) is 9.59 Å². The van der Waals surface area contributed by atoms with Gasteiger partial charge >= 0.3 is 12.1 Å². The Hall–Kier alpha value is -5.10. The summed E-state index contributed by atoms with van der Waals surface area (Å²) in [7, 11) is 0. The largest absolute Gasteiger partial charge is 0.445 e. The number of ether oxygens (including phenoxy) is 3. The number of carbonyl (C=O) groups excluding carboxylic acids is 8. The normalized spacial score (nSPS) is 15.5. The van der Waals surface area contributed by atoms with E-state index >= 15 is 0 Å². The second-order valence-electron chi connectivity index (χ2n) is 16.2. The highest BCUT2D eigenvalue weighted by atomic mass is 16.5. The molecule has 1 aliphatic heterocycles. The molecule has 8 amide bonds. The summed E-state index contributed by atoms with van der Waals surface area (Å²) in [4.78, 5) is 101. The summed E-state index contributed by atoms with van der Waals surface area (Å²) < 4.78 is 16.1. The maximum absolute atomic E-state index is 13.4. The topological polar surface area (TPSA) is 254 Å². The average molecular weight is 804 g/mol. The summed E-state index contributed by atoms with van der Waals surface area (Å²) in [6.45, 7) is 14.4. The van der Waals surface area contributed by atoms with E-state index in [1.165, 1.54) is 4.90 Å². The fourth-order valence-electron chi connectivity index (χ4n) is 5.46. The molecular weight excluding hydrogens is 742 g/mol. The molecule has 318 valence electrons. The Morgan fingerprint density at radius 2 is 1.53 bits per heavy atom. The van der Waals surface area contributed by atoms with Gasteiger partial charge in [0.1, 0.15) is 25.3 Å². The first-order chi connectivity index (χ1) is 26.6. The molecule has 0 bridgehead atoms. The SMILES string of the molecule is CC(C)[C@H](NC(=O)COCCOCCN1C(=O)CC(C(C)(C)C)C1=O)C(=O)N[C@@H](CCCNC(N)=O)C(=O)Nc1ccc(COC(=O)NCC(=O)C(C)(C)C)cc1. The summed E-state index contributed by atoms with van der Waals surface area (Å²) >= 11 is 0. The van der Waals surface area contributed by atoms with E-state index in [2.05, 4.69) is 26.6 Å². The van der Waals surface area contributed by atoms with E-state index in [1.54, 1.807) is 58.9 Å². The molecule has 1 aromatic carbocycles. The number of likely N-dealkylation sites (tertiary alicyclic amines) is 1. The van der Waals surface area contributed by atoms with Gasteiger partial charge in [0, 0.05) is 24.1 Å². The molecule has 1 heterocycles. The van der Waals surface area contributed by atoms with Crippen molar-refractivity contribution in [3.63, 3.8) is 0 Å². The fourth-order valence-corrected chi connectivity index (χ4v) is 5.46. The summed E-state index contributed by atoms with van der Waals surface area (Å²) in [5.74, 6) is -3.05. The Labute approximate surface area is 334 Å². The molecule has 0 radical (unpaired) electrons. The number of Topliss-reactive ketones (excluding diaryl/α,β-unsaturated/α-hetero) is 1. The number of hydrogen-bond donors (Lipinski definition) is 6. The Kier molecular flexibility index (Phi) is 19.0. The first-order valence-electron chi connectivity index (χ1n) is 19.1. The number of rotatable bonds is 22. The molecule has 0 saturated carbocycles. The molecule has 1 aromatic rings. The molecule has 1 unspecified atom stereocenters. The first kappa shape index (κ1) is 48.0. The summed E-state index contributed by atoms with van der Waals surface area (Å²) in [5.41, 5.74) is 5.24. The van der Waals surface area contributed by atoms with Gasteiger partial charge in [0.15, 0.2) is 5.78 Å². The van der Waals surface area contributed by atoms with Crippen LogP contribution in [0.3, 0.4) is 0 Å². The van der Waals surface area contributed by atoms with E-state index < -0.39 is 47.3 Å². The Balaban J connectivity index is 1.88. The number of nitrogens with two attached hydrogens (primary N) is 1. The molecule has 0 aliphatic carbocycles. The van der Waals surface area contributed by atoms with Crippen molar-refractivity contribution in [2.45, 2.75) is 93.3 Å². The lowest BCUT2D eigenvalue weighted by Crippen LogP contribution is -2.55. The number of nitrogens with one attached hydrogen (secondary N) is 5. The Morgan fingerprint density at radius 1 is 0.877 bits per heavy atom. The van der Waals surface area contributed by atoms with Crippen LogP contribution in [0, 0.1) is 22.7 Å². The Morgan fingerprint density at radius 3 is 2.11 bits per heavy atom. The number of hydrogen-bond acceptors (Lipinski definition) is 11. The molecule has 3 atom stereocenters. The van der Waals surface area contributed by atoms with Crippen LogP contribution in [-0.2, 0) is 49.6 Å². The minimum Gasteiger partial charge on any atom is -0.445 e. The number of nitrogens with zero attached hydrogens (tertiary/aromatic N) is 1. The number of benzene rings is 1. The van der Waals surface area contributed by atoms with Crippen LogP contribution in [0.25, 0.3) is 0 Å². The number of amides is 8. The van der Waals surface area contributed by atoms with Gasteiger partial charge in [-0.1, -0.05) is 67.5 Å². The number of imide groups is 1. The number of ketones is 1. The lowest BCUT2D eigenvalue weighted by molar-refractivity contribution is -0.141. The molecule has 2 rings (SSSR count). The zero-order valence-electron chi connectivity index (χ0n) is 34.4. The molecule has 0 aromatic heterocycles. The van der Waals surface area contributed by atoms with Crippen molar-refractivity contribution in [1.29, 1.82) is 0 Å². The third kappa shape index (κ3) is 17.3. The van der Waals surface area contributed by atoms with E-state index in [9.17, 15) is 38.4 Å². The van der Waals surface area contributed by atoms with Crippen LogP contribution in [0.15, 0.2) is 24.3 Å². The quantitative estimate of drug-likeness (QED) is 0.0730. The smallest absolute Gasteiger partial charge is 0.407 e. The number of anilines is 1. The van der Waals surface area contributed by atoms with E-state index in [1.807, 2.05) is 20.8 Å². The molecule has 57 heavy (non-hydrogen) atoms. The monoisotopic (exact) mass is 803 g/mol. The van der Waals surface area contributed by atoms with Gasteiger partial charge in [0.05, 0.1) is 38.8 Å². The van der Waals surface area contributed by atoms with Gasteiger partial charge in [-0.3, -0.25) is 33.7 Å². The van der Waals surface area contributed by atoms with Crippen LogP contribution in [0.2, 0.25) is 0 Å². The van der Waals surface area contributed by atoms with Crippen molar-refractivity contribution in [3.05, 3.63) is 29.8 Å². The molecule has 18 nitrogen and oxygen atoms in total. The van der Waals surface area contributed by atoms with E-state index in [-0.39, 0.29) is 107 Å². The lowest BCUT2D eigenvalue weighted by Gasteiger charge is -2.25. The molecule has 18 heteroatoms. The van der Waals surface area contributed by atoms with Gasteiger partial charge < -0.3 is 46.5 Å². The van der Waals surface area contributed by atoms with Crippen LogP contribution >= 0.6 is 0 Å². The van der Waals surface area contributed by atoms with Crippen LogP contribution in [-0.4, -0.2) is 110 Å². The van der Waals surface area contributed by atoms with Gasteiger partial charge in [-0.15, -0.1) is 0 Å². The zero-order chi connectivity index (χ0) is 42.9. The molecule has 1 fully saturated rings. The van der Waals surface area contributed by atoms with Crippen LogP contribution < -0.4 is 32.3 Å². The van der Waals surface area contributed by atoms with Gasteiger partial charge in [-0.05, 0) is 41.9 Å². The standard InChI is InChI=1S/C39H61N7O11/c1-24(2)32(45-30(48)23-56-19-18-55-17-16-46-31(49)20-27(35(46)52)38(3,4)5)34(51)44-28(10-9-15-41-36(40)53)33(50)43-26-13-11-25(12-14-26)22-57-37(54)42-21-29(47)39(6,7)8/h11-14,24,27-28,32H,9-10,15-23H2,1-8H3,(H,42,54)(H,43,50)(H,44,51)(H,45,48)(H3,40,41,53)/t27?,28-,32-/m0/s1. The van der Waals surface area contributed by atoms with Gasteiger partial charge in [0.25, 0.3) is 0 Å². The molecule has 1 saturated heterocycles. The maximum Gasteiger partial charge on any atom is 0.407 e. The Bertz CT molecular complexity index is 1570. The van der Waals surface area contributed by atoms with Crippen molar-refractivity contribution < 1.29 is 52.6 Å². The van der Waals surface area contributed by atoms with Crippen LogP contribution in [0.5, 0.6) is 0 Å². The van der Waals surface area contributed by atoms with E-state index in [0.29, 0.717) is 11.3 Å². The van der Waals surface area contributed by atoms with Crippen molar-refractivity contribution in [3.8, 4) is 0 Å². The molecule has 1 aliphatic rings. The van der Waals surface area contributed by atoms with Crippen molar-refractivity contribution in [1.82, 2.24) is 26.2 Å². The molecule has 7 N–H and O–H groups in total. The lowest BCUT2D eigenvalue weighted by atomic mass is 9.80. The maximum atomic E-state index is 13.4. The first-order valence-corrected chi connectivity index (χ1v) is 19.1. The fraction of sp³-hybridized carbons (Fsp3) is 0.641. The summed E-state index contributed by atoms with van der Waals surface area (Å²) in [5, 5.41) is 13.0. The highest BCUT2D eigenvalue weighted by Crippen LogP contribution is 2.35. The highest BCUT2D eigenvalue weighted by Gasteiger charge is 2.44.